The highest BCUT2D eigenvalue weighted by atomic mass is 127. The molecule has 1 fully saturated rings. The summed E-state index contributed by atoms with van der Waals surface area (Å²) in [6.07, 6.45) is 3.51. The largest absolute Gasteiger partial charge is 0.496 e. The quantitative estimate of drug-likeness (QED) is 0.243. The molecule has 2 rings (SSSR count). The zero-order valence-corrected chi connectivity index (χ0v) is 19.0. The van der Waals surface area contributed by atoms with Crippen LogP contribution in [0.25, 0.3) is 0 Å². The van der Waals surface area contributed by atoms with Gasteiger partial charge in [-0.2, -0.15) is 0 Å². The number of nitrogens with one attached hydrogen (secondary N) is 2. The van der Waals surface area contributed by atoms with Crippen molar-refractivity contribution in [3.8, 4) is 5.75 Å². The first kappa shape index (κ1) is 23.5. The molecule has 0 radical (unpaired) electrons. The number of guanidine groups is 1. The Morgan fingerprint density at radius 3 is 2.81 bits per heavy atom. The number of aliphatic imine (C=N–C) groups is 1. The standard InChI is InChI=1S/C20H32N4O2.HI/c1-4-21-20(22-11-6-14-24-13-5-7-19(24)25)23-12-10-17-9-8-16(2)18(15-17)26-3;/h8-9,15H,4-7,10-14H2,1-3H3,(H2,21,22,23);1H. The summed E-state index contributed by atoms with van der Waals surface area (Å²) in [5, 5.41) is 6.65. The summed E-state index contributed by atoms with van der Waals surface area (Å²) in [6, 6.07) is 6.32. The fraction of sp³-hybridized carbons (Fsp3) is 0.600. The Morgan fingerprint density at radius 2 is 2.15 bits per heavy atom. The van der Waals surface area contributed by atoms with E-state index < -0.39 is 0 Å². The summed E-state index contributed by atoms with van der Waals surface area (Å²) >= 11 is 0. The van der Waals surface area contributed by atoms with E-state index in [1.165, 1.54) is 5.56 Å². The van der Waals surface area contributed by atoms with Crippen LogP contribution >= 0.6 is 24.0 Å². The van der Waals surface area contributed by atoms with Gasteiger partial charge in [0.05, 0.1) is 7.11 Å². The van der Waals surface area contributed by atoms with Crippen molar-refractivity contribution < 1.29 is 9.53 Å². The number of hydrogen-bond acceptors (Lipinski definition) is 3. The first-order chi connectivity index (χ1) is 12.6. The molecule has 1 aromatic carbocycles. The molecule has 1 aromatic rings. The molecule has 2 N–H and O–H groups in total. The Labute approximate surface area is 180 Å². The van der Waals surface area contributed by atoms with Gasteiger partial charge in [-0.3, -0.25) is 9.79 Å². The molecule has 1 aliphatic rings. The molecule has 6 nitrogen and oxygen atoms in total. The van der Waals surface area contributed by atoms with Gasteiger partial charge in [-0.15, -0.1) is 24.0 Å². The lowest BCUT2D eigenvalue weighted by Crippen LogP contribution is -2.38. The molecule has 1 amide bonds. The van der Waals surface area contributed by atoms with Crippen molar-refractivity contribution >= 4 is 35.8 Å². The van der Waals surface area contributed by atoms with E-state index >= 15 is 0 Å². The van der Waals surface area contributed by atoms with E-state index in [1.54, 1.807) is 7.11 Å². The number of hydrogen-bond donors (Lipinski definition) is 2. The van der Waals surface area contributed by atoms with Gasteiger partial charge in [0.2, 0.25) is 5.91 Å². The van der Waals surface area contributed by atoms with Crippen LogP contribution in [-0.4, -0.2) is 56.6 Å². The minimum atomic E-state index is 0. The summed E-state index contributed by atoms with van der Waals surface area (Å²) in [6.45, 7) is 8.18. The smallest absolute Gasteiger partial charge is 0.222 e. The van der Waals surface area contributed by atoms with E-state index in [9.17, 15) is 4.79 Å². The SMILES string of the molecule is CCNC(=NCCCN1CCCC1=O)NCCc1ccc(C)c(OC)c1.I. The highest BCUT2D eigenvalue weighted by Crippen LogP contribution is 2.19. The number of ether oxygens (including phenoxy) is 1. The van der Waals surface area contributed by atoms with Crippen molar-refractivity contribution in [3.63, 3.8) is 0 Å². The number of likely N-dealkylation sites (tertiary alicyclic amines) is 1. The van der Waals surface area contributed by atoms with Crippen LogP contribution in [0.2, 0.25) is 0 Å². The molecule has 0 aromatic heterocycles. The number of nitrogens with zero attached hydrogens (tertiary/aromatic N) is 2. The van der Waals surface area contributed by atoms with Crippen molar-refractivity contribution in [2.75, 3.05) is 39.8 Å². The van der Waals surface area contributed by atoms with Crippen molar-refractivity contribution in [1.82, 2.24) is 15.5 Å². The minimum Gasteiger partial charge on any atom is -0.496 e. The molecule has 27 heavy (non-hydrogen) atoms. The van der Waals surface area contributed by atoms with Crippen molar-refractivity contribution in [1.29, 1.82) is 0 Å². The normalized spacial score (nSPS) is 14.1. The highest BCUT2D eigenvalue weighted by Gasteiger charge is 2.18. The number of amides is 1. The van der Waals surface area contributed by atoms with Crippen molar-refractivity contribution in [3.05, 3.63) is 29.3 Å². The second-order valence-electron chi connectivity index (χ2n) is 6.58. The van der Waals surface area contributed by atoms with Gasteiger partial charge in [0, 0.05) is 39.1 Å². The van der Waals surface area contributed by atoms with Crippen molar-refractivity contribution in [2.24, 2.45) is 4.99 Å². The molecule has 1 saturated heterocycles. The molecular formula is C20H33IN4O2. The number of benzene rings is 1. The number of halogens is 1. The predicted molar refractivity (Wildman–Crippen MR) is 121 cm³/mol. The lowest BCUT2D eigenvalue weighted by molar-refractivity contribution is -0.127. The maximum atomic E-state index is 11.6. The molecule has 7 heteroatoms. The molecule has 0 atom stereocenters. The van der Waals surface area contributed by atoms with E-state index in [0.29, 0.717) is 6.42 Å². The molecular weight excluding hydrogens is 455 g/mol. The predicted octanol–water partition coefficient (Wildman–Crippen LogP) is 2.73. The van der Waals surface area contributed by atoms with Gasteiger partial charge in [-0.25, -0.2) is 0 Å². The first-order valence-electron chi connectivity index (χ1n) is 9.57. The van der Waals surface area contributed by atoms with Crippen LogP contribution in [0, 0.1) is 6.92 Å². The fourth-order valence-corrected chi connectivity index (χ4v) is 3.08. The summed E-state index contributed by atoms with van der Waals surface area (Å²) in [7, 11) is 1.70. The van der Waals surface area contributed by atoms with Crippen LogP contribution in [0.15, 0.2) is 23.2 Å². The highest BCUT2D eigenvalue weighted by molar-refractivity contribution is 14.0. The molecule has 1 heterocycles. The van der Waals surface area contributed by atoms with Gasteiger partial charge in [-0.1, -0.05) is 12.1 Å². The number of carbonyl (C=O) groups is 1. The average Bonchev–Trinajstić information content (AvgIpc) is 3.05. The number of aryl methyl sites for hydroxylation is 1. The van der Waals surface area contributed by atoms with Crippen LogP contribution in [0.3, 0.4) is 0 Å². The molecule has 0 spiro atoms. The maximum absolute atomic E-state index is 11.6. The van der Waals surface area contributed by atoms with Crippen LogP contribution in [-0.2, 0) is 11.2 Å². The number of rotatable bonds is 9. The molecule has 0 saturated carbocycles. The summed E-state index contributed by atoms with van der Waals surface area (Å²) in [5.74, 6) is 2.05. The van der Waals surface area contributed by atoms with Crippen molar-refractivity contribution in [2.45, 2.75) is 39.5 Å². The van der Waals surface area contributed by atoms with Gasteiger partial charge in [0.15, 0.2) is 5.96 Å². The summed E-state index contributed by atoms with van der Waals surface area (Å²) < 4.78 is 5.38. The maximum Gasteiger partial charge on any atom is 0.222 e. The molecule has 0 unspecified atom stereocenters. The molecule has 152 valence electrons. The van der Waals surface area contributed by atoms with E-state index in [0.717, 1.165) is 69.3 Å². The zero-order valence-electron chi connectivity index (χ0n) is 16.7. The van der Waals surface area contributed by atoms with Crippen LogP contribution < -0.4 is 15.4 Å². The Hall–Kier alpha value is -1.51. The number of carbonyl (C=O) groups excluding carboxylic acids is 1. The summed E-state index contributed by atoms with van der Waals surface area (Å²) in [5.41, 5.74) is 2.39. The topological polar surface area (TPSA) is 66.0 Å². The van der Waals surface area contributed by atoms with Gasteiger partial charge in [0.25, 0.3) is 0 Å². The second-order valence-corrected chi connectivity index (χ2v) is 6.58. The lowest BCUT2D eigenvalue weighted by atomic mass is 10.1. The average molecular weight is 488 g/mol. The molecule has 0 aliphatic carbocycles. The van der Waals surface area contributed by atoms with Crippen LogP contribution in [0.5, 0.6) is 5.75 Å². The third kappa shape index (κ3) is 7.94. The van der Waals surface area contributed by atoms with Gasteiger partial charge < -0.3 is 20.3 Å². The van der Waals surface area contributed by atoms with E-state index in [2.05, 4.69) is 40.7 Å². The van der Waals surface area contributed by atoms with E-state index in [4.69, 9.17) is 4.74 Å². The second kappa shape index (κ2) is 12.8. The first-order valence-corrected chi connectivity index (χ1v) is 9.57. The zero-order chi connectivity index (χ0) is 18.8. The van der Waals surface area contributed by atoms with E-state index in [1.807, 2.05) is 11.8 Å². The van der Waals surface area contributed by atoms with Gasteiger partial charge in [0.1, 0.15) is 5.75 Å². The third-order valence-corrected chi connectivity index (χ3v) is 4.55. The Kier molecular flexibility index (Phi) is 11.2. The van der Waals surface area contributed by atoms with E-state index in [-0.39, 0.29) is 29.9 Å². The van der Waals surface area contributed by atoms with Gasteiger partial charge >= 0.3 is 0 Å². The monoisotopic (exact) mass is 488 g/mol. The minimum absolute atomic E-state index is 0. The fourth-order valence-electron chi connectivity index (χ4n) is 3.08. The van der Waals surface area contributed by atoms with Crippen LogP contribution in [0.4, 0.5) is 0 Å². The Morgan fingerprint density at radius 1 is 1.33 bits per heavy atom. The lowest BCUT2D eigenvalue weighted by Gasteiger charge is -2.15. The Balaban J connectivity index is 0.00000364. The molecule has 0 bridgehead atoms. The van der Waals surface area contributed by atoms with Gasteiger partial charge in [-0.05, 0) is 50.3 Å². The Bertz CT molecular complexity index is 622. The number of methoxy groups -OCH3 is 1. The molecule has 1 aliphatic heterocycles. The van der Waals surface area contributed by atoms with Crippen LogP contribution in [0.1, 0.15) is 37.3 Å². The summed E-state index contributed by atoms with van der Waals surface area (Å²) in [4.78, 5) is 18.2. The third-order valence-electron chi connectivity index (χ3n) is 4.55.